The quantitative estimate of drug-likeness (QED) is 0.599. The Labute approximate surface area is 157 Å². The molecule has 1 N–H and O–H groups in total. The third-order valence-electron chi connectivity index (χ3n) is 4.90. The van der Waals surface area contributed by atoms with Crippen LogP contribution in [0.2, 0.25) is 0 Å². The Bertz CT molecular complexity index is 723. The SMILES string of the molecule is COC(=O)/C=C/C(=O)N1CCCC(c2[nH]ncc2C(=O)N2CCOCC2)C1. The summed E-state index contributed by atoms with van der Waals surface area (Å²) in [5, 5.41) is 7.03. The first-order valence-corrected chi connectivity index (χ1v) is 9.05. The van der Waals surface area contributed by atoms with Crippen LogP contribution in [0.3, 0.4) is 0 Å². The second kappa shape index (κ2) is 8.81. The van der Waals surface area contributed by atoms with E-state index in [1.807, 2.05) is 0 Å². The lowest BCUT2D eigenvalue weighted by atomic mass is 9.92. The van der Waals surface area contributed by atoms with E-state index in [0.29, 0.717) is 45.0 Å². The molecule has 0 aliphatic carbocycles. The molecule has 2 aliphatic heterocycles. The summed E-state index contributed by atoms with van der Waals surface area (Å²) in [4.78, 5) is 39.8. The molecule has 1 aromatic rings. The summed E-state index contributed by atoms with van der Waals surface area (Å²) in [5.74, 6) is -0.873. The van der Waals surface area contributed by atoms with Crippen LogP contribution in [0.1, 0.15) is 34.8 Å². The van der Waals surface area contributed by atoms with Crippen LogP contribution in [0, 0.1) is 0 Å². The number of morpholine rings is 1. The smallest absolute Gasteiger partial charge is 0.330 e. The van der Waals surface area contributed by atoms with Gasteiger partial charge in [-0.2, -0.15) is 5.10 Å². The molecule has 2 fully saturated rings. The van der Waals surface area contributed by atoms with Crippen molar-refractivity contribution in [3.05, 3.63) is 29.6 Å². The lowest BCUT2D eigenvalue weighted by Crippen LogP contribution is -2.42. The van der Waals surface area contributed by atoms with Crippen molar-refractivity contribution < 1.29 is 23.9 Å². The molecule has 0 spiro atoms. The van der Waals surface area contributed by atoms with Crippen molar-refractivity contribution in [2.45, 2.75) is 18.8 Å². The first-order chi connectivity index (χ1) is 13.1. The monoisotopic (exact) mass is 376 g/mol. The van der Waals surface area contributed by atoms with Crippen molar-refractivity contribution >= 4 is 17.8 Å². The first kappa shape index (κ1) is 19.1. The minimum Gasteiger partial charge on any atom is -0.466 e. The van der Waals surface area contributed by atoms with E-state index in [-0.39, 0.29) is 17.7 Å². The number of nitrogens with one attached hydrogen (secondary N) is 1. The maximum atomic E-state index is 12.8. The van der Waals surface area contributed by atoms with Gasteiger partial charge < -0.3 is 19.3 Å². The van der Waals surface area contributed by atoms with Gasteiger partial charge in [0.2, 0.25) is 5.91 Å². The van der Waals surface area contributed by atoms with Gasteiger partial charge in [0.25, 0.3) is 5.91 Å². The van der Waals surface area contributed by atoms with E-state index < -0.39 is 5.97 Å². The van der Waals surface area contributed by atoms with Crippen LogP contribution in [0.15, 0.2) is 18.3 Å². The van der Waals surface area contributed by atoms with Crippen LogP contribution < -0.4 is 0 Å². The Morgan fingerprint density at radius 3 is 2.74 bits per heavy atom. The van der Waals surface area contributed by atoms with Gasteiger partial charge in [0.1, 0.15) is 0 Å². The van der Waals surface area contributed by atoms with Crippen molar-refractivity contribution in [2.75, 3.05) is 46.5 Å². The Morgan fingerprint density at radius 1 is 1.22 bits per heavy atom. The molecular formula is C18H24N4O5. The molecule has 146 valence electrons. The summed E-state index contributed by atoms with van der Waals surface area (Å²) in [6, 6.07) is 0. The van der Waals surface area contributed by atoms with E-state index >= 15 is 0 Å². The standard InChI is InChI=1S/C18H24N4O5/c1-26-16(24)5-4-15(23)22-6-2-3-13(12-22)17-14(11-19-20-17)18(25)21-7-9-27-10-8-21/h4-5,11,13H,2-3,6-10,12H2,1H3,(H,19,20)/b5-4+. The molecule has 2 saturated heterocycles. The molecule has 3 heterocycles. The van der Waals surface area contributed by atoms with E-state index in [4.69, 9.17) is 4.74 Å². The summed E-state index contributed by atoms with van der Waals surface area (Å²) in [6.45, 7) is 3.29. The van der Waals surface area contributed by atoms with Crippen LogP contribution in [-0.2, 0) is 19.1 Å². The number of likely N-dealkylation sites (tertiary alicyclic amines) is 1. The average molecular weight is 376 g/mol. The van der Waals surface area contributed by atoms with E-state index in [2.05, 4.69) is 14.9 Å². The third kappa shape index (κ3) is 4.54. The third-order valence-corrected chi connectivity index (χ3v) is 4.90. The minimum absolute atomic E-state index is 0.00304. The van der Waals surface area contributed by atoms with Gasteiger partial charge >= 0.3 is 5.97 Å². The average Bonchev–Trinajstić information content (AvgIpc) is 3.21. The fraction of sp³-hybridized carbons (Fsp3) is 0.556. The molecule has 1 atom stereocenters. The zero-order chi connectivity index (χ0) is 19.2. The number of hydrogen-bond acceptors (Lipinski definition) is 6. The molecule has 9 heteroatoms. The molecule has 0 radical (unpaired) electrons. The highest BCUT2D eigenvalue weighted by molar-refractivity contribution is 5.96. The molecule has 3 rings (SSSR count). The highest BCUT2D eigenvalue weighted by atomic mass is 16.5. The maximum Gasteiger partial charge on any atom is 0.330 e. The topological polar surface area (TPSA) is 105 Å². The number of nitrogens with zero attached hydrogens (tertiary/aromatic N) is 3. The normalized spacial score (nSPS) is 20.7. The lowest BCUT2D eigenvalue weighted by Gasteiger charge is -2.32. The summed E-state index contributed by atoms with van der Waals surface area (Å²) in [7, 11) is 1.26. The Morgan fingerprint density at radius 2 is 2.00 bits per heavy atom. The zero-order valence-corrected chi connectivity index (χ0v) is 15.3. The van der Waals surface area contributed by atoms with Crippen LogP contribution in [0.5, 0.6) is 0 Å². The van der Waals surface area contributed by atoms with E-state index in [1.54, 1.807) is 16.0 Å². The van der Waals surface area contributed by atoms with Crippen LogP contribution in [0.4, 0.5) is 0 Å². The fourth-order valence-corrected chi connectivity index (χ4v) is 3.44. The fourth-order valence-electron chi connectivity index (χ4n) is 3.44. The van der Waals surface area contributed by atoms with Gasteiger partial charge in [-0.1, -0.05) is 0 Å². The molecule has 27 heavy (non-hydrogen) atoms. The number of carbonyl (C=O) groups is 3. The highest BCUT2D eigenvalue weighted by Gasteiger charge is 2.30. The van der Waals surface area contributed by atoms with Gasteiger partial charge in [0, 0.05) is 44.2 Å². The van der Waals surface area contributed by atoms with Crippen LogP contribution >= 0.6 is 0 Å². The van der Waals surface area contributed by atoms with Gasteiger partial charge in [0.05, 0.1) is 37.8 Å². The van der Waals surface area contributed by atoms with Crippen LogP contribution in [0.25, 0.3) is 0 Å². The highest BCUT2D eigenvalue weighted by Crippen LogP contribution is 2.28. The van der Waals surface area contributed by atoms with Crippen molar-refractivity contribution in [3.8, 4) is 0 Å². The van der Waals surface area contributed by atoms with Crippen LogP contribution in [-0.4, -0.2) is 84.3 Å². The number of aromatic nitrogens is 2. The number of H-pyrrole nitrogens is 1. The number of amides is 2. The van der Waals surface area contributed by atoms with Crippen molar-refractivity contribution in [1.29, 1.82) is 0 Å². The second-order valence-electron chi connectivity index (χ2n) is 6.58. The lowest BCUT2D eigenvalue weighted by molar-refractivity contribution is -0.135. The number of methoxy groups -OCH3 is 1. The van der Waals surface area contributed by atoms with Gasteiger partial charge in [-0.15, -0.1) is 0 Å². The van der Waals surface area contributed by atoms with Gasteiger partial charge in [-0.3, -0.25) is 14.7 Å². The zero-order valence-electron chi connectivity index (χ0n) is 15.3. The molecular weight excluding hydrogens is 352 g/mol. The molecule has 2 aliphatic rings. The molecule has 0 aromatic carbocycles. The Balaban J connectivity index is 1.69. The number of ether oxygens (including phenoxy) is 2. The predicted molar refractivity (Wildman–Crippen MR) is 95.0 cm³/mol. The van der Waals surface area contributed by atoms with E-state index in [9.17, 15) is 14.4 Å². The minimum atomic E-state index is -0.566. The predicted octanol–water partition coefficient (Wildman–Crippen LogP) is 0.317. The number of aromatic amines is 1. The number of rotatable bonds is 4. The molecule has 2 amide bonds. The number of carbonyl (C=O) groups excluding carboxylic acids is 3. The Kier molecular flexibility index (Phi) is 6.23. The number of hydrogen-bond donors (Lipinski definition) is 1. The van der Waals surface area contributed by atoms with Gasteiger partial charge in [-0.25, -0.2) is 4.79 Å². The second-order valence-corrected chi connectivity index (χ2v) is 6.58. The van der Waals surface area contributed by atoms with Crippen molar-refractivity contribution in [2.24, 2.45) is 0 Å². The molecule has 9 nitrogen and oxygen atoms in total. The summed E-state index contributed by atoms with van der Waals surface area (Å²) < 4.78 is 9.81. The van der Waals surface area contributed by atoms with Gasteiger partial charge in [0.15, 0.2) is 0 Å². The summed E-state index contributed by atoms with van der Waals surface area (Å²) in [5.41, 5.74) is 1.32. The summed E-state index contributed by atoms with van der Waals surface area (Å²) in [6.07, 6.45) is 5.57. The van der Waals surface area contributed by atoms with Crippen molar-refractivity contribution in [1.82, 2.24) is 20.0 Å². The molecule has 1 unspecified atom stereocenters. The molecule has 0 saturated carbocycles. The molecule has 1 aromatic heterocycles. The molecule has 0 bridgehead atoms. The first-order valence-electron chi connectivity index (χ1n) is 9.05. The Hall–Kier alpha value is -2.68. The number of piperidine rings is 1. The van der Waals surface area contributed by atoms with Crippen molar-refractivity contribution in [3.63, 3.8) is 0 Å². The largest absolute Gasteiger partial charge is 0.466 e. The number of esters is 1. The maximum absolute atomic E-state index is 12.8. The summed E-state index contributed by atoms with van der Waals surface area (Å²) >= 11 is 0. The van der Waals surface area contributed by atoms with Gasteiger partial charge in [-0.05, 0) is 12.8 Å². The van der Waals surface area contributed by atoms with E-state index in [1.165, 1.54) is 13.2 Å². The van der Waals surface area contributed by atoms with E-state index in [0.717, 1.165) is 24.6 Å².